The molecule has 11 heavy (non-hydrogen) atoms. The van der Waals surface area contributed by atoms with Crippen LogP contribution in [-0.4, -0.2) is 22.5 Å². The quantitative estimate of drug-likeness (QED) is 0.561. The summed E-state index contributed by atoms with van der Waals surface area (Å²) in [5, 5.41) is 18.4. The molecule has 0 aliphatic carbocycles. The van der Waals surface area contributed by atoms with Crippen molar-refractivity contribution in [1.82, 2.24) is 0 Å². The average molecular weight is 223 g/mol. The van der Waals surface area contributed by atoms with E-state index < -0.39 is 12.4 Å². The molecule has 0 fully saturated rings. The summed E-state index contributed by atoms with van der Waals surface area (Å²) in [6.45, 7) is 5.80. The highest BCUT2D eigenvalue weighted by Crippen LogP contribution is 2.34. The summed E-state index contributed by atoms with van der Waals surface area (Å²) in [5.74, 6) is 0.479. The Balaban J connectivity index is 3.90. The number of hydrogen-bond acceptors (Lipinski definition) is 2. The molecule has 66 valence electrons. The normalized spacial score (nSPS) is 14.7. The van der Waals surface area contributed by atoms with E-state index in [4.69, 9.17) is 10.0 Å². The smallest absolute Gasteiger partial charge is 0.427 e. The molecule has 0 radical (unpaired) electrons. The van der Waals surface area contributed by atoms with E-state index in [0.29, 0.717) is 5.92 Å². The van der Waals surface area contributed by atoms with Crippen molar-refractivity contribution in [3.8, 4) is 0 Å². The molecular formula is C7H16BBrO2. The van der Waals surface area contributed by atoms with E-state index in [1.54, 1.807) is 0 Å². The predicted molar refractivity (Wildman–Crippen MR) is 51.8 cm³/mol. The summed E-state index contributed by atoms with van der Waals surface area (Å²) in [4.78, 5) is 0. The van der Waals surface area contributed by atoms with E-state index in [1.165, 1.54) is 0 Å². The largest absolute Gasteiger partial charge is 0.457 e. The highest BCUT2D eigenvalue weighted by molar-refractivity contribution is 9.09. The molecule has 0 aliphatic rings. The Morgan fingerprint density at radius 1 is 1.45 bits per heavy atom. The van der Waals surface area contributed by atoms with Crippen LogP contribution in [0.2, 0.25) is 5.31 Å². The van der Waals surface area contributed by atoms with Gasteiger partial charge in [-0.25, -0.2) is 0 Å². The SMILES string of the molecule is CC(CBr)CC(C)(C)B(O)O. The molecule has 0 rings (SSSR count). The Morgan fingerprint density at radius 3 is 2.18 bits per heavy atom. The van der Waals surface area contributed by atoms with Crippen LogP contribution in [0.5, 0.6) is 0 Å². The first-order valence-corrected chi connectivity index (χ1v) is 4.94. The third-order valence-electron chi connectivity index (χ3n) is 1.84. The summed E-state index contributed by atoms with van der Waals surface area (Å²) in [5.41, 5.74) is 0. The minimum Gasteiger partial charge on any atom is -0.427 e. The Bertz CT molecular complexity index is 117. The molecule has 1 atom stereocenters. The van der Waals surface area contributed by atoms with Crippen LogP contribution in [0.25, 0.3) is 0 Å². The Kier molecular flexibility index (Phi) is 4.67. The van der Waals surface area contributed by atoms with E-state index in [2.05, 4.69) is 22.9 Å². The summed E-state index contributed by atoms with van der Waals surface area (Å²) in [6, 6.07) is 0. The van der Waals surface area contributed by atoms with Gasteiger partial charge >= 0.3 is 7.12 Å². The van der Waals surface area contributed by atoms with Crippen LogP contribution >= 0.6 is 15.9 Å². The fraction of sp³-hybridized carbons (Fsp3) is 1.00. The van der Waals surface area contributed by atoms with Gasteiger partial charge < -0.3 is 10.0 Å². The van der Waals surface area contributed by atoms with Gasteiger partial charge in [-0.3, -0.25) is 0 Å². The maximum absolute atomic E-state index is 8.96. The van der Waals surface area contributed by atoms with E-state index in [-0.39, 0.29) is 0 Å². The first-order chi connectivity index (χ1) is 4.90. The molecule has 0 aromatic carbocycles. The molecule has 0 aromatic heterocycles. The lowest BCUT2D eigenvalue weighted by molar-refractivity contribution is 0.327. The van der Waals surface area contributed by atoms with Gasteiger partial charge in [-0.05, 0) is 17.7 Å². The molecule has 0 spiro atoms. The second-order valence-corrected chi connectivity index (χ2v) is 4.47. The standard InChI is InChI=1S/C7H16BBrO2/c1-6(5-9)4-7(2,3)8(10)11/h6,10-11H,4-5H2,1-3H3. The van der Waals surface area contributed by atoms with E-state index in [0.717, 1.165) is 11.8 Å². The summed E-state index contributed by atoms with van der Waals surface area (Å²) in [6.07, 6.45) is 0.815. The zero-order valence-electron chi connectivity index (χ0n) is 7.34. The molecule has 0 saturated heterocycles. The van der Waals surface area contributed by atoms with Crippen molar-refractivity contribution in [2.75, 3.05) is 5.33 Å². The maximum atomic E-state index is 8.96. The van der Waals surface area contributed by atoms with Gasteiger partial charge in [-0.1, -0.05) is 36.7 Å². The van der Waals surface area contributed by atoms with Gasteiger partial charge in [0.1, 0.15) is 0 Å². The lowest BCUT2D eigenvalue weighted by Crippen LogP contribution is -2.29. The van der Waals surface area contributed by atoms with E-state index in [1.807, 2.05) is 13.8 Å². The van der Waals surface area contributed by atoms with Gasteiger partial charge in [0.15, 0.2) is 0 Å². The molecule has 1 unspecified atom stereocenters. The lowest BCUT2D eigenvalue weighted by Gasteiger charge is -2.25. The molecule has 0 aliphatic heterocycles. The van der Waals surface area contributed by atoms with Crippen molar-refractivity contribution < 1.29 is 10.0 Å². The molecule has 0 aromatic rings. The topological polar surface area (TPSA) is 40.5 Å². The fourth-order valence-electron chi connectivity index (χ4n) is 1.06. The monoisotopic (exact) mass is 222 g/mol. The molecule has 0 amide bonds. The Morgan fingerprint density at radius 2 is 1.91 bits per heavy atom. The minimum atomic E-state index is -1.22. The first-order valence-electron chi connectivity index (χ1n) is 3.82. The Hall–Kier alpha value is 0.465. The minimum absolute atomic E-state index is 0.396. The molecule has 4 heteroatoms. The molecule has 0 saturated carbocycles. The van der Waals surface area contributed by atoms with Crippen LogP contribution in [0.15, 0.2) is 0 Å². The molecule has 0 heterocycles. The predicted octanol–water partition coefficient (Wildman–Crippen LogP) is 1.66. The second kappa shape index (κ2) is 4.48. The van der Waals surface area contributed by atoms with E-state index in [9.17, 15) is 0 Å². The summed E-state index contributed by atoms with van der Waals surface area (Å²) < 4.78 is 0. The van der Waals surface area contributed by atoms with Crippen molar-refractivity contribution in [1.29, 1.82) is 0 Å². The molecule has 0 bridgehead atoms. The average Bonchev–Trinajstić information content (AvgIpc) is 1.86. The molecule has 2 nitrogen and oxygen atoms in total. The van der Waals surface area contributed by atoms with Crippen molar-refractivity contribution in [2.24, 2.45) is 5.92 Å². The van der Waals surface area contributed by atoms with Crippen molar-refractivity contribution in [3.05, 3.63) is 0 Å². The van der Waals surface area contributed by atoms with Crippen LogP contribution in [0.1, 0.15) is 27.2 Å². The number of halogens is 1. The van der Waals surface area contributed by atoms with Gasteiger partial charge in [0, 0.05) is 5.33 Å². The number of rotatable bonds is 4. The summed E-state index contributed by atoms with van der Waals surface area (Å²) >= 11 is 3.35. The third kappa shape index (κ3) is 4.14. The third-order valence-corrected chi connectivity index (χ3v) is 2.94. The highest BCUT2D eigenvalue weighted by atomic mass is 79.9. The lowest BCUT2D eigenvalue weighted by atomic mass is 9.57. The van der Waals surface area contributed by atoms with Crippen molar-refractivity contribution >= 4 is 23.0 Å². The Labute approximate surface area is 77.3 Å². The fourth-order valence-corrected chi connectivity index (χ4v) is 1.29. The van der Waals surface area contributed by atoms with Crippen LogP contribution in [0, 0.1) is 5.92 Å². The van der Waals surface area contributed by atoms with Crippen LogP contribution in [0.4, 0.5) is 0 Å². The number of alkyl halides is 1. The van der Waals surface area contributed by atoms with Gasteiger partial charge in [0.05, 0.1) is 0 Å². The van der Waals surface area contributed by atoms with Gasteiger partial charge in [-0.2, -0.15) is 0 Å². The first kappa shape index (κ1) is 11.5. The second-order valence-electron chi connectivity index (χ2n) is 3.83. The zero-order valence-corrected chi connectivity index (χ0v) is 8.93. The highest BCUT2D eigenvalue weighted by Gasteiger charge is 2.33. The molecular weight excluding hydrogens is 207 g/mol. The van der Waals surface area contributed by atoms with Crippen LogP contribution < -0.4 is 0 Å². The van der Waals surface area contributed by atoms with Gasteiger partial charge in [0.2, 0.25) is 0 Å². The van der Waals surface area contributed by atoms with Crippen LogP contribution in [-0.2, 0) is 0 Å². The van der Waals surface area contributed by atoms with Gasteiger partial charge in [-0.15, -0.1) is 0 Å². The zero-order chi connectivity index (χ0) is 9.07. The van der Waals surface area contributed by atoms with Gasteiger partial charge in [0.25, 0.3) is 0 Å². The maximum Gasteiger partial charge on any atom is 0.457 e. The molecule has 2 N–H and O–H groups in total. The number of hydrogen-bond donors (Lipinski definition) is 2. The van der Waals surface area contributed by atoms with Crippen LogP contribution in [0.3, 0.4) is 0 Å². The van der Waals surface area contributed by atoms with E-state index >= 15 is 0 Å². The summed E-state index contributed by atoms with van der Waals surface area (Å²) in [7, 11) is -1.22. The van der Waals surface area contributed by atoms with Crippen molar-refractivity contribution in [2.45, 2.75) is 32.5 Å². The van der Waals surface area contributed by atoms with Crippen molar-refractivity contribution in [3.63, 3.8) is 0 Å².